The van der Waals surface area contributed by atoms with E-state index in [1.165, 1.54) is 14.0 Å². The van der Waals surface area contributed by atoms with Gasteiger partial charge in [-0.1, -0.05) is 12.1 Å². The van der Waals surface area contributed by atoms with Gasteiger partial charge in [0.1, 0.15) is 5.75 Å². The maximum Gasteiger partial charge on any atom is 0.308 e. The van der Waals surface area contributed by atoms with E-state index in [1.807, 2.05) is 0 Å². The summed E-state index contributed by atoms with van der Waals surface area (Å²) < 4.78 is 15.1. The number of carbonyl (C=O) groups excluding carboxylic acids is 2. The van der Waals surface area contributed by atoms with Crippen molar-refractivity contribution in [3.05, 3.63) is 29.8 Å². The molecular formula is C14H18O5. The molecule has 1 atom stereocenters. The van der Waals surface area contributed by atoms with E-state index >= 15 is 0 Å². The van der Waals surface area contributed by atoms with Crippen LogP contribution >= 0.6 is 0 Å². The van der Waals surface area contributed by atoms with E-state index in [0.717, 1.165) is 5.56 Å². The van der Waals surface area contributed by atoms with E-state index in [4.69, 9.17) is 14.2 Å². The standard InChI is InChI=1S/C14H18O5/c1-4-18-14(16)9-13(17-3)11-5-7-12(8-6-11)19-10(2)15/h5-8,13H,4,9H2,1-3H3. The topological polar surface area (TPSA) is 61.8 Å². The number of rotatable bonds is 6. The highest BCUT2D eigenvalue weighted by Crippen LogP contribution is 2.23. The predicted molar refractivity (Wildman–Crippen MR) is 68.8 cm³/mol. The molecule has 104 valence electrons. The Kier molecular flexibility index (Phi) is 6.02. The van der Waals surface area contributed by atoms with Crippen LogP contribution in [-0.4, -0.2) is 25.7 Å². The monoisotopic (exact) mass is 266 g/mol. The molecule has 0 saturated carbocycles. The van der Waals surface area contributed by atoms with Gasteiger partial charge in [0.15, 0.2) is 0 Å². The van der Waals surface area contributed by atoms with Crippen LogP contribution in [-0.2, 0) is 19.1 Å². The summed E-state index contributed by atoms with van der Waals surface area (Å²) in [5, 5.41) is 0. The summed E-state index contributed by atoms with van der Waals surface area (Å²) in [5.41, 5.74) is 0.825. The van der Waals surface area contributed by atoms with Gasteiger partial charge in [-0.2, -0.15) is 0 Å². The van der Waals surface area contributed by atoms with Crippen molar-refractivity contribution in [3.63, 3.8) is 0 Å². The van der Waals surface area contributed by atoms with Gasteiger partial charge in [0.05, 0.1) is 19.1 Å². The lowest BCUT2D eigenvalue weighted by Crippen LogP contribution is -2.12. The Morgan fingerprint density at radius 2 is 1.84 bits per heavy atom. The van der Waals surface area contributed by atoms with E-state index < -0.39 is 0 Å². The second-order valence-electron chi connectivity index (χ2n) is 3.90. The second-order valence-corrected chi connectivity index (χ2v) is 3.90. The van der Waals surface area contributed by atoms with Crippen LogP contribution in [0.3, 0.4) is 0 Å². The summed E-state index contributed by atoms with van der Waals surface area (Å²) in [6.45, 7) is 3.45. The zero-order valence-electron chi connectivity index (χ0n) is 11.3. The lowest BCUT2D eigenvalue weighted by atomic mass is 10.1. The summed E-state index contributed by atoms with van der Waals surface area (Å²) in [4.78, 5) is 22.2. The molecule has 5 heteroatoms. The minimum atomic E-state index is -0.373. The van der Waals surface area contributed by atoms with Crippen molar-refractivity contribution in [1.82, 2.24) is 0 Å². The highest BCUT2D eigenvalue weighted by molar-refractivity contribution is 5.70. The maximum atomic E-state index is 11.4. The molecule has 0 radical (unpaired) electrons. The lowest BCUT2D eigenvalue weighted by molar-refractivity contribution is -0.146. The third-order valence-corrected chi connectivity index (χ3v) is 2.46. The fraction of sp³-hybridized carbons (Fsp3) is 0.429. The number of esters is 2. The quantitative estimate of drug-likeness (QED) is 0.583. The van der Waals surface area contributed by atoms with E-state index in [-0.39, 0.29) is 24.5 Å². The molecule has 0 aliphatic rings. The molecule has 19 heavy (non-hydrogen) atoms. The molecular weight excluding hydrogens is 248 g/mol. The van der Waals surface area contributed by atoms with Crippen molar-refractivity contribution in [2.45, 2.75) is 26.4 Å². The highest BCUT2D eigenvalue weighted by atomic mass is 16.5. The van der Waals surface area contributed by atoms with Crippen molar-refractivity contribution >= 4 is 11.9 Å². The van der Waals surface area contributed by atoms with E-state index in [0.29, 0.717) is 12.4 Å². The van der Waals surface area contributed by atoms with Gasteiger partial charge in [-0.05, 0) is 24.6 Å². The second kappa shape index (κ2) is 7.53. The first-order chi connectivity index (χ1) is 9.06. The van der Waals surface area contributed by atoms with Crippen molar-refractivity contribution in [1.29, 1.82) is 0 Å². The van der Waals surface area contributed by atoms with Crippen molar-refractivity contribution in [3.8, 4) is 5.75 Å². The normalized spacial score (nSPS) is 11.7. The minimum absolute atomic E-state index is 0.150. The molecule has 5 nitrogen and oxygen atoms in total. The van der Waals surface area contributed by atoms with Crippen LogP contribution in [0.15, 0.2) is 24.3 Å². The molecule has 0 bridgehead atoms. The molecule has 0 amide bonds. The summed E-state index contributed by atoms with van der Waals surface area (Å²) in [6.07, 6.45) is -0.220. The van der Waals surface area contributed by atoms with E-state index in [1.54, 1.807) is 31.2 Å². The Morgan fingerprint density at radius 3 is 2.32 bits per heavy atom. The van der Waals surface area contributed by atoms with Gasteiger partial charge in [0, 0.05) is 14.0 Å². The number of hydrogen-bond donors (Lipinski definition) is 0. The highest BCUT2D eigenvalue weighted by Gasteiger charge is 2.16. The SMILES string of the molecule is CCOC(=O)CC(OC)c1ccc(OC(C)=O)cc1. The largest absolute Gasteiger partial charge is 0.466 e. The molecule has 1 aromatic rings. The molecule has 0 heterocycles. The van der Waals surface area contributed by atoms with Crippen molar-refractivity contribution < 1.29 is 23.8 Å². The van der Waals surface area contributed by atoms with Crippen molar-refractivity contribution in [2.75, 3.05) is 13.7 Å². The van der Waals surface area contributed by atoms with Gasteiger partial charge < -0.3 is 14.2 Å². The van der Waals surface area contributed by atoms with Crippen LogP contribution in [0.5, 0.6) is 5.75 Å². The molecule has 0 N–H and O–H groups in total. The average Bonchev–Trinajstić information content (AvgIpc) is 2.37. The summed E-state index contributed by atoms with van der Waals surface area (Å²) >= 11 is 0. The Bertz CT molecular complexity index is 424. The third kappa shape index (κ3) is 5.09. The zero-order chi connectivity index (χ0) is 14.3. The molecule has 1 unspecified atom stereocenters. The number of ether oxygens (including phenoxy) is 3. The summed E-state index contributed by atoms with van der Waals surface area (Å²) in [5.74, 6) is -0.219. The number of methoxy groups -OCH3 is 1. The van der Waals surface area contributed by atoms with Crippen LogP contribution in [0.2, 0.25) is 0 Å². The maximum absolute atomic E-state index is 11.4. The molecule has 0 fully saturated rings. The van der Waals surface area contributed by atoms with Gasteiger partial charge in [-0.25, -0.2) is 0 Å². The van der Waals surface area contributed by atoms with Gasteiger partial charge in [-0.15, -0.1) is 0 Å². The predicted octanol–water partition coefficient (Wildman–Crippen LogP) is 2.25. The van der Waals surface area contributed by atoms with Crippen LogP contribution in [0, 0.1) is 0 Å². The van der Waals surface area contributed by atoms with Crippen LogP contribution in [0.4, 0.5) is 0 Å². The molecule has 0 aliphatic heterocycles. The van der Waals surface area contributed by atoms with Crippen LogP contribution in [0.1, 0.15) is 31.9 Å². The molecule has 0 spiro atoms. The molecule has 0 aliphatic carbocycles. The summed E-state index contributed by atoms with van der Waals surface area (Å²) in [7, 11) is 1.53. The minimum Gasteiger partial charge on any atom is -0.466 e. The fourth-order valence-corrected chi connectivity index (χ4v) is 1.63. The van der Waals surface area contributed by atoms with Crippen LogP contribution < -0.4 is 4.74 Å². The lowest BCUT2D eigenvalue weighted by Gasteiger charge is -2.15. The Balaban J connectivity index is 2.70. The van der Waals surface area contributed by atoms with Gasteiger partial charge in [0.25, 0.3) is 0 Å². The third-order valence-electron chi connectivity index (χ3n) is 2.46. The zero-order valence-corrected chi connectivity index (χ0v) is 11.3. The fourth-order valence-electron chi connectivity index (χ4n) is 1.63. The average molecular weight is 266 g/mol. The van der Waals surface area contributed by atoms with Crippen LogP contribution in [0.25, 0.3) is 0 Å². The molecule has 0 aromatic heterocycles. The van der Waals surface area contributed by atoms with E-state index in [9.17, 15) is 9.59 Å². The first-order valence-electron chi connectivity index (χ1n) is 6.03. The van der Waals surface area contributed by atoms with Gasteiger partial charge in [0.2, 0.25) is 0 Å². The van der Waals surface area contributed by atoms with Gasteiger partial charge in [-0.3, -0.25) is 9.59 Å². The van der Waals surface area contributed by atoms with Gasteiger partial charge >= 0.3 is 11.9 Å². The van der Waals surface area contributed by atoms with E-state index in [2.05, 4.69) is 0 Å². The van der Waals surface area contributed by atoms with Crippen molar-refractivity contribution in [2.24, 2.45) is 0 Å². The summed E-state index contributed by atoms with van der Waals surface area (Å²) in [6, 6.07) is 6.83. The molecule has 1 aromatic carbocycles. The Hall–Kier alpha value is -1.88. The number of hydrogen-bond acceptors (Lipinski definition) is 5. The Labute approximate surface area is 112 Å². The molecule has 0 saturated heterocycles. The first kappa shape index (κ1) is 15.2. The molecule has 1 rings (SSSR count). The Morgan fingerprint density at radius 1 is 1.21 bits per heavy atom. The first-order valence-corrected chi connectivity index (χ1v) is 6.03. The number of carbonyl (C=O) groups is 2. The smallest absolute Gasteiger partial charge is 0.308 e. The number of benzene rings is 1.